The first kappa shape index (κ1) is 21.2. The number of amides is 1. The zero-order chi connectivity index (χ0) is 24.1. The zero-order valence-electron chi connectivity index (χ0n) is 18.9. The Morgan fingerprint density at radius 3 is 2.83 bits per heavy atom. The van der Waals surface area contributed by atoms with Crippen LogP contribution in [0.2, 0.25) is 0 Å². The van der Waals surface area contributed by atoms with Crippen molar-refractivity contribution in [1.82, 2.24) is 24.4 Å². The first-order valence-electron chi connectivity index (χ1n) is 11.4. The maximum atomic E-state index is 14.8. The summed E-state index contributed by atoms with van der Waals surface area (Å²) in [7, 11) is 0. The maximum Gasteiger partial charge on any atom is 0.298 e. The van der Waals surface area contributed by atoms with E-state index in [1.54, 1.807) is 11.0 Å². The van der Waals surface area contributed by atoms with Crippen LogP contribution in [0.1, 0.15) is 30.0 Å². The quantitative estimate of drug-likeness (QED) is 0.362. The first-order chi connectivity index (χ1) is 17.0. The van der Waals surface area contributed by atoms with E-state index in [9.17, 15) is 9.18 Å². The molecule has 1 aromatic carbocycles. The molecule has 0 radical (unpaired) electrons. The van der Waals surface area contributed by atoms with E-state index in [1.807, 2.05) is 15.7 Å². The van der Waals surface area contributed by atoms with Crippen LogP contribution in [0.5, 0.6) is 0 Å². The van der Waals surface area contributed by atoms with Gasteiger partial charge in [0.1, 0.15) is 29.1 Å². The number of carbonyl (C=O) groups excluding carboxylic acids is 1. The topological polar surface area (TPSA) is 106 Å². The van der Waals surface area contributed by atoms with Gasteiger partial charge < -0.3 is 24.5 Å². The molecule has 176 valence electrons. The molecule has 0 saturated carbocycles. The fraction of sp³-hybridized carbons (Fsp3) is 0.280. The molecule has 2 fully saturated rings. The SMILES string of the molecule is C=CC(=O)N1CCC(n2cc(C#Cc3cc4nc(N5CCC5)oc4cc3F)c3c(N)ncnc32)C1. The molecule has 2 aliphatic rings. The standard InChI is InChI=1S/C25H22FN7O2/c1-2-21(34)32-9-6-17(13-32)33-12-16(22-23(27)28-14-29-24(22)33)5-4-15-10-19-20(11-18(15)26)35-25(30-19)31-7-3-8-31/h2,10-12,14,17H,1,3,6-9,13H2,(H2,27,28,29). The van der Waals surface area contributed by atoms with Crippen LogP contribution < -0.4 is 10.6 Å². The van der Waals surface area contributed by atoms with Gasteiger partial charge in [-0.3, -0.25) is 4.79 Å². The van der Waals surface area contributed by atoms with Crippen molar-refractivity contribution in [2.45, 2.75) is 18.9 Å². The number of rotatable bonds is 3. The molecule has 1 unspecified atom stereocenters. The van der Waals surface area contributed by atoms with Gasteiger partial charge in [-0.05, 0) is 25.0 Å². The number of aromatic nitrogens is 4. The second-order valence-electron chi connectivity index (χ2n) is 8.73. The minimum absolute atomic E-state index is 0.00870. The van der Waals surface area contributed by atoms with Crippen LogP contribution in [-0.4, -0.2) is 56.5 Å². The highest BCUT2D eigenvalue weighted by atomic mass is 19.1. The van der Waals surface area contributed by atoms with E-state index in [4.69, 9.17) is 10.2 Å². The molecule has 0 bridgehead atoms. The summed E-state index contributed by atoms with van der Waals surface area (Å²) in [6, 6.07) is 3.43. The Morgan fingerprint density at radius 2 is 2.06 bits per heavy atom. The lowest BCUT2D eigenvalue weighted by molar-refractivity contribution is -0.125. The number of fused-ring (bicyclic) bond motifs is 2. The van der Waals surface area contributed by atoms with Crippen molar-refractivity contribution >= 4 is 39.9 Å². The largest absolute Gasteiger partial charge is 0.423 e. The lowest BCUT2D eigenvalue weighted by Crippen LogP contribution is -2.37. The molecule has 1 atom stereocenters. The Labute approximate surface area is 200 Å². The summed E-state index contributed by atoms with van der Waals surface area (Å²) in [6.45, 7) is 6.49. The molecule has 1 amide bonds. The molecule has 2 N–H and O–H groups in total. The molecule has 5 heterocycles. The normalized spacial score (nSPS) is 17.5. The number of hydrogen-bond acceptors (Lipinski definition) is 7. The summed E-state index contributed by atoms with van der Waals surface area (Å²) < 4.78 is 22.5. The Morgan fingerprint density at radius 1 is 1.23 bits per heavy atom. The van der Waals surface area contributed by atoms with Crippen molar-refractivity contribution < 1.29 is 13.6 Å². The average molecular weight is 471 g/mol. The highest BCUT2D eigenvalue weighted by Gasteiger charge is 2.28. The number of nitrogens with two attached hydrogens (primary N) is 1. The van der Waals surface area contributed by atoms with Crippen molar-refractivity contribution in [2.75, 3.05) is 36.8 Å². The van der Waals surface area contributed by atoms with Crippen molar-refractivity contribution in [1.29, 1.82) is 0 Å². The van der Waals surface area contributed by atoms with Gasteiger partial charge in [-0.2, -0.15) is 4.98 Å². The van der Waals surface area contributed by atoms with E-state index in [-0.39, 0.29) is 17.5 Å². The highest BCUT2D eigenvalue weighted by Crippen LogP contribution is 2.31. The first-order valence-corrected chi connectivity index (χ1v) is 11.4. The van der Waals surface area contributed by atoms with E-state index < -0.39 is 5.82 Å². The Hall–Kier alpha value is -4.39. The van der Waals surface area contributed by atoms with Gasteiger partial charge in [0.15, 0.2) is 5.58 Å². The van der Waals surface area contributed by atoms with Crippen molar-refractivity contribution in [3.8, 4) is 11.8 Å². The Bertz CT molecular complexity index is 1560. The average Bonchev–Trinajstić information content (AvgIpc) is 3.53. The van der Waals surface area contributed by atoms with Gasteiger partial charge in [0, 0.05) is 38.4 Å². The van der Waals surface area contributed by atoms with Crippen molar-refractivity contribution in [3.63, 3.8) is 0 Å². The molecule has 10 heteroatoms. The fourth-order valence-electron chi connectivity index (χ4n) is 4.59. The second kappa shape index (κ2) is 8.13. The summed E-state index contributed by atoms with van der Waals surface area (Å²) in [4.78, 5) is 28.8. The van der Waals surface area contributed by atoms with E-state index in [1.165, 1.54) is 18.5 Å². The number of oxazole rings is 1. The van der Waals surface area contributed by atoms with E-state index in [2.05, 4.69) is 33.4 Å². The second-order valence-corrected chi connectivity index (χ2v) is 8.73. The number of nitrogens with zero attached hydrogens (tertiary/aromatic N) is 6. The predicted octanol–water partition coefficient (Wildman–Crippen LogP) is 2.86. The van der Waals surface area contributed by atoms with Crippen LogP contribution >= 0.6 is 0 Å². The predicted molar refractivity (Wildman–Crippen MR) is 129 cm³/mol. The van der Waals surface area contributed by atoms with Crippen molar-refractivity contribution in [2.24, 2.45) is 0 Å². The lowest BCUT2D eigenvalue weighted by atomic mass is 10.1. The van der Waals surface area contributed by atoms with Crippen LogP contribution in [0.15, 0.2) is 41.7 Å². The minimum Gasteiger partial charge on any atom is -0.423 e. The highest BCUT2D eigenvalue weighted by molar-refractivity contribution is 5.92. The van der Waals surface area contributed by atoms with Crippen LogP contribution in [0.4, 0.5) is 16.2 Å². The number of nitrogen functional groups attached to an aromatic ring is 1. The number of hydrogen-bond donors (Lipinski definition) is 1. The van der Waals surface area contributed by atoms with Gasteiger partial charge in [0.2, 0.25) is 5.91 Å². The van der Waals surface area contributed by atoms with Gasteiger partial charge in [-0.15, -0.1) is 0 Å². The molecule has 0 aliphatic carbocycles. The van der Waals surface area contributed by atoms with Crippen LogP contribution in [0.3, 0.4) is 0 Å². The van der Waals surface area contributed by atoms with E-state index in [0.717, 1.165) is 25.9 Å². The molecule has 2 aliphatic heterocycles. The number of likely N-dealkylation sites (tertiary alicyclic amines) is 1. The van der Waals surface area contributed by atoms with Crippen LogP contribution in [0.25, 0.3) is 22.1 Å². The van der Waals surface area contributed by atoms with Crippen molar-refractivity contribution in [3.05, 3.63) is 54.3 Å². The molecule has 2 saturated heterocycles. The van der Waals surface area contributed by atoms with Gasteiger partial charge >= 0.3 is 0 Å². The number of benzene rings is 1. The zero-order valence-corrected chi connectivity index (χ0v) is 18.9. The molecular formula is C25H22FN7O2. The van der Waals surface area contributed by atoms with E-state index >= 15 is 0 Å². The molecule has 0 spiro atoms. The van der Waals surface area contributed by atoms with Crippen LogP contribution in [0, 0.1) is 17.7 Å². The van der Waals surface area contributed by atoms with Gasteiger partial charge in [0.25, 0.3) is 6.01 Å². The number of carbonyl (C=O) groups is 1. The summed E-state index contributed by atoms with van der Waals surface area (Å²) in [5.74, 6) is 5.68. The summed E-state index contributed by atoms with van der Waals surface area (Å²) in [5.41, 5.74) is 8.56. The molecule has 35 heavy (non-hydrogen) atoms. The van der Waals surface area contributed by atoms with Gasteiger partial charge in [-0.25, -0.2) is 14.4 Å². The van der Waals surface area contributed by atoms with Gasteiger partial charge in [-0.1, -0.05) is 18.4 Å². The smallest absolute Gasteiger partial charge is 0.298 e. The lowest BCUT2D eigenvalue weighted by Gasteiger charge is -2.28. The molecule has 4 aromatic rings. The summed E-state index contributed by atoms with van der Waals surface area (Å²) in [6.07, 6.45) is 6.43. The van der Waals surface area contributed by atoms with E-state index in [0.29, 0.717) is 52.6 Å². The van der Waals surface area contributed by atoms with Crippen LogP contribution in [-0.2, 0) is 4.79 Å². The monoisotopic (exact) mass is 471 g/mol. The summed E-state index contributed by atoms with van der Waals surface area (Å²) in [5, 5.41) is 0.608. The third-order valence-corrected chi connectivity index (χ3v) is 6.61. The minimum atomic E-state index is -0.487. The number of halogens is 1. The Kier molecular flexibility index (Phi) is 4.91. The third-order valence-electron chi connectivity index (χ3n) is 6.61. The third kappa shape index (κ3) is 3.56. The number of anilines is 2. The summed E-state index contributed by atoms with van der Waals surface area (Å²) >= 11 is 0. The molecule has 9 nitrogen and oxygen atoms in total. The van der Waals surface area contributed by atoms with Gasteiger partial charge in [0.05, 0.1) is 22.6 Å². The Balaban J connectivity index is 1.38. The fourth-order valence-corrected chi connectivity index (χ4v) is 4.59. The maximum absolute atomic E-state index is 14.8. The molecule has 3 aromatic heterocycles. The molecular weight excluding hydrogens is 449 g/mol. The molecule has 6 rings (SSSR count).